The van der Waals surface area contributed by atoms with Crippen LogP contribution in [0.15, 0.2) is 23.1 Å². The van der Waals surface area contributed by atoms with Crippen LogP contribution in [0.5, 0.6) is 0 Å². The van der Waals surface area contributed by atoms with E-state index in [0.29, 0.717) is 25.7 Å². The molecule has 5 nitrogen and oxygen atoms in total. The molecule has 2 N–H and O–H groups in total. The summed E-state index contributed by atoms with van der Waals surface area (Å²) in [6, 6.07) is 2.88. The van der Waals surface area contributed by atoms with Crippen LogP contribution < -0.4 is 5.56 Å². The number of hydrogen-bond acceptors (Lipinski definition) is 3. The number of carboxylic acids is 1. The first-order chi connectivity index (χ1) is 8.41. The smallest absolute Gasteiger partial charge is 0.341 e. The number of carbonyl (C=O) groups is 1. The van der Waals surface area contributed by atoms with Crippen molar-refractivity contribution in [2.45, 2.75) is 44.2 Å². The zero-order valence-corrected chi connectivity index (χ0v) is 10.3. The predicted octanol–water partition coefficient (Wildman–Crippen LogP) is 1.41. The fourth-order valence-corrected chi connectivity index (χ4v) is 2.46. The molecular formula is C13H17NO4. The zero-order valence-electron chi connectivity index (χ0n) is 10.3. The highest BCUT2D eigenvalue weighted by Crippen LogP contribution is 2.33. The van der Waals surface area contributed by atoms with Crippen molar-refractivity contribution in [3.05, 3.63) is 34.2 Å². The van der Waals surface area contributed by atoms with E-state index in [1.165, 1.54) is 10.6 Å². The van der Waals surface area contributed by atoms with Gasteiger partial charge in [0.2, 0.25) is 0 Å². The molecule has 0 atom stereocenters. The molecule has 0 bridgehead atoms. The summed E-state index contributed by atoms with van der Waals surface area (Å²) in [6.07, 6.45) is 4.26. The normalized spacial score (nSPS) is 28.0. The Labute approximate surface area is 105 Å². The van der Waals surface area contributed by atoms with Crippen molar-refractivity contribution in [3.63, 3.8) is 0 Å². The van der Waals surface area contributed by atoms with Crippen molar-refractivity contribution < 1.29 is 15.0 Å². The topological polar surface area (TPSA) is 79.5 Å². The molecule has 18 heavy (non-hydrogen) atoms. The van der Waals surface area contributed by atoms with Crippen LogP contribution in [0.4, 0.5) is 0 Å². The quantitative estimate of drug-likeness (QED) is 0.833. The molecule has 1 fully saturated rings. The Balaban J connectivity index is 2.28. The predicted molar refractivity (Wildman–Crippen MR) is 65.8 cm³/mol. The van der Waals surface area contributed by atoms with Gasteiger partial charge in [0.25, 0.3) is 5.56 Å². The molecule has 2 rings (SSSR count). The summed E-state index contributed by atoms with van der Waals surface area (Å²) in [7, 11) is 0. The Hall–Kier alpha value is -1.62. The van der Waals surface area contributed by atoms with E-state index in [9.17, 15) is 14.7 Å². The fraction of sp³-hybridized carbons (Fsp3) is 0.538. The first kappa shape index (κ1) is 12.8. The lowest BCUT2D eigenvalue weighted by Crippen LogP contribution is -2.35. The Morgan fingerprint density at radius 1 is 1.44 bits per heavy atom. The van der Waals surface area contributed by atoms with Crippen molar-refractivity contribution in [1.82, 2.24) is 4.57 Å². The van der Waals surface area contributed by atoms with Gasteiger partial charge in [0, 0.05) is 12.2 Å². The molecule has 0 spiro atoms. The van der Waals surface area contributed by atoms with E-state index in [1.54, 1.807) is 19.2 Å². The Bertz CT molecular complexity index is 508. The summed E-state index contributed by atoms with van der Waals surface area (Å²) in [5.41, 5.74) is -1.32. The lowest BCUT2D eigenvalue weighted by Gasteiger charge is -2.33. The van der Waals surface area contributed by atoms with Crippen LogP contribution in [-0.2, 0) is 0 Å². The zero-order chi connectivity index (χ0) is 13.3. The van der Waals surface area contributed by atoms with Crippen LogP contribution in [0.25, 0.3) is 0 Å². The maximum absolute atomic E-state index is 12.0. The maximum Gasteiger partial charge on any atom is 0.341 e. The van der Waals surface area contributed by atoms with Crippen LogP contribution in [0.3, 0.4) is 0 Å². The lowest BCUT2D eigenvalue weighted by atomic mass is 9.83. The van der Waals surface area contributed by atoms with Crippen molar-refractivity contribution in [2.24, 2.45) is 0 Å². The molecule has 98 valence electrons. The van der Waals surface area contributed by atoms with Crippen molar-refractivity contribution in [2.75, 3.05) is 0 Å². The average molecular weight is 251 g/mol. The minimum atomic E-state index is -1.20. The summed E-state index contributed by atoms with van der Waals surface area (Å²) in [5, 5.41) is 18.8. The largest absolute Gasteiger partial charge is 0.477 e. The highest BCUT2D eigenvalue weighted by molar-refractivity contribution is 5.86. The molecule has 0 aromatic carbocycles. The van der Waals surface area contributed by atoms with Gasteiger partial charge in [-0.15, -0.1) is 0 Å². The molecule has 1 aliphatic rings. The van der Waals surface area contributed by atoms with Gasteiger partial charge < -0.3 is 14.8 Å². The molecular weight excluding hydrogens is 234 g/mol. The number of carboxylic acid groups (broad SMARTS) is 1. The van der Waals surface area contributed by atoms with Gasteiger partial charge in [0.15, 0.2) is 0 Å². The Morgan fingerprint density at radius 3 is 2.61 bits per heavy atom. The Morgan fingerprint density at radius 2 is 2.06 bits per heavy atom. The standard InChI is InChI=1S/C13H17NO4/c1-13(18)6-4-9(5-7-13)14-8-2-3-10(11(14)15)12(16)17/h2-3,8-9,18H,4-7H2,1H3,(H,16,17)/t9-,13+. The molecule has 1 aromatic rings. The second-order valence-corrected chi connectivity index (χ2v) is 5.17. The summed E-state index contributed by atoms with van der Waals surface area (Å²) < 4.78 is 1.48. The fourth-order valence-electron chi connectivity index (χ4n) is 2.46. The van der Waals surface area contributed by atoms with Gasteiger partial charge in [-0.05, 0) is 44.7 Å². The average Bonchev–Trinajstić information content (AvgIpc) is 2.29. The summed E-state index contributed by atoms with van der Waals surface area (Å²) in [6.45, 7) is 1.79. The van der Waals surface area contributed by atoms with Gasteiger partial charge in [-0.1, -0.05) is 0 Å². The highest BCUT2D eigenvalue weighted by Gasteiger charge is 2.30. The number of nitrogens with zero attached hydrogens (tertiary/aromatic N) is 1. The number of hydrogen-bond donors (Lipinski definition) is 2. The molecule has 1 aliphatic carbocycles. The van der Waals surface area contributed by atoms with E-state index < -0.39 is 17.1 Å². The molecule has 1 aromatic heterocycles. The van der Waals surface area contributed by atoms with E-state index >= 15 is 0 Å². The molecule has 0 unspecified atom stereocenters. The molecule has 5 heteroatoms. The number of rotatable bonds is 2. The summed E-state index contributed by atoms with van der Waals surface area (Å²) >= 11 is 0. The number of pyridine rings is 1. The van der Waals surface area contributed by atoms with Gasteiger partial charge in [0.1, 0.15) is 5.56 Å². The third kappa shape index (κ3) is 2.46. The van der Waals surface area contributed by atoms with E-state index in [4.69, 9.17) is 5.11 Å². The second-order valence-electron chi connectivity index (χ2n) is 5.17. The van der Waals surface area contributed by atoms with Gasteiger partial charge in [-0.25, -0.2) is 4.79 Å². The molecule has 0 amide bonds. The van der Waals surface area contributed by atoms with Crippen LogP contribution in [0.2, 0.25) is 0 Å². The van der Waals surface area contributed by atoms with Crippen molar-refractivity contribution in [1.29, 1.82) is 0 Å². The minimum absolute atomic E-state index is 0.0166. The van der Waals surface area contributed by atoms with E-state index in [2.05, 4.69) is 0 Å². The van der Waals surface area contributed by atoms with E-state index in [1.807, 2.05) is 0 Å². The first-order valence-electron chi connectivity index (χ1n) is 6.07. The van der Waals surface area contributed by atoms with Crippen molar-refractivity contribution in [3.8, 4) is 0 Å². The number of aromatic carboxylic acids is 1. The molecule has 0 saturated heterocycles. The lowest BCUT2D eigenvalue weighted by molar-refractivity contribution is 0.00944. The third-order valence-electron chi connectivity index (χ3n) is 3.63. The summed E-state index contributed by atoms with van der Waals surface area (Å²) in [4.78, 5) is 22.9. The first-order valence-corrected chi connectivity index (χ1v) is 6.07. The van der Waals surface area contributed by atoms with Gasteiger partial charge >= 0.3 is 5.97 Å². The molecule has 0 radical (unpaired) electrons. The second kappa shape index (κ2) is 4.57. The van der Waals surface area contributed by atoms with Crippen LogP contribution in [0.1, 0.15) is 49.0 Å². The Kier molecular flexibility index (Phi) is 3.26. The molecule has 0 aliphatic heterocycles. The van der Waals surface area contributed by atoms with Gasteiger partial charge in [0.05, 0.1) is 5.60 Å². The van der Waals surface area contributed by atoms with E-state index in [0.717, 1.165) is 0 Å². The van der Waals surface area contributed by atoms with Crippen LogP contribution in [0, 0.1) is 0 Å². The highest BCUT2D eigenvalue weighted by atomic mass is 16.4. The van der Waals surface area contributed by atoms with Crippen LogP contribution in [-0.4, -0.2) is 26.4 Å². The monoisotopic (exact) mass is 251 g/mol. The summed E-state index contributed by atoms with van der Waals surface area (Å²) in [5.74, 6) is -1.20. The van der Waals surface area contributed by atoms with E-state index in [-0.39, 0.29) is 11.6 Å². The van der Waals surface area contributed by atoms with Crippen LogP contribution >= 0.6 is 0 Å². The SMILES string of the molecule is C[C@]1(O)CC[C@@H](n2cccc(C(=O)O)c2=O)CC1. The maximum atomic E-state index is 12.0. The third-order valence-corrected chi connectivity index (χ3v) is 3.63. The molecule has 1 heterocycles. The van der Waals surface area contributed by atoms with Gasteiger partial charge in [-0.2, -0.15) is 0 Å². The van der Waals surface area contributed by atoms with Gasteiger partial charge in [-0.3, -0.25) is 4.79 Å². The van der Waals surface area contributed by atoms with Crippen molar-refractivity contribution >= 4 is 5.97 Å². The minimum Gasteiger partial charge on any atom is -0.477 e. The number of aromatic nitrogens is 1. The molecule has 1 saturated carbocycles. The number of aliphatic hydroxyl groups is 1.